The van der Waals surface area contributed by atoms with Crippen molar-refractivity contribution in [1.82, 2.24) is 4.90 Å². The second kappa shape index (κ2) is 5.80. The molecule has 0 aliphatic carbocycles. The van der Waals surface area contributed by atoms with Crippen LogP contribution in [-0.2, 0) is 9.47 Å². The molecular formula is C11H23NO3. The molecule has 0 bridgehead atoms. The normalized spacial score (nSPS) is 21.6. The van der Waals surface area contributed by atoms with Gasteiger partial charge in [0.2, 0.25) is 0 Å². The number of aliphatic hydroxyl groups is 1. The Morgan fingerprint density at radius 3 is 2.47 bits per heavy atom. The van der Waals surface area contributed by atoms with Crippen molar-refractivity contribution in [2.75, 3.05) is 20.3 Å². The standard InChI is InChI=1S/C11H23NO3/c1-10(5-4-6-11(2,3)13)12-7-14-9-15-8-12/h10,13H,4-9H2,1-3H3. The van der Waals surface area contributed by atoms with Gasteiger partial charge in [-0.25, -0.2) is 0 Å². The second-order valence-corrected chi connectivity index (χ2v) is 4.93. The summed E-state index contributed by atoms with van der Waals surface area (Å²) in [6.45, 7) is 7.60. The lowest BCUT2D eigenvalue weighted by atomic mass is 9.99. The van der Waals surface area contributed by atoms with Crippen LogP contribution in [0, 0.1) is 0 Å². The van der Waals surface area contributed by atoms with E-state index in [1.54, 1.807) is 0 Å². The first-order valence-corrected chi connectivity index (χ1v) is 5.61. The molecule has 15 heavy (non-hydrogen) atoms. The summed E-state index contributed by atoms with van der Waals surface area (Å²) in [5.74, 6) is 0. The Kier molecular flexibility index (Phi) is 4.99. The Bertz CT molecular complexity index is 173. The Balaban J connectivity index is 2.14. The minimum atomic E-state index is -0.547. The molecule has 1 unspecified atom stereocenters. The first-order chi connectivity index (χ1) is 6.99. The molecule has 4 nitrogen and oxygen atoms in total. The van der Waals surface area contributed by atoms with Crippen LogP contribution in [0.4, 0.5) is 0 Å². The Morgan fingerprint density at radius 2 is 1.93 bits per heavy atom. The maximum Gasteiger partial charge on any atom is 0.150 e. The molecule has 1 atom stereocenters. The molecule has 90 valence electrons. The summed E-state index contributed by atoms with van der Waals surface area (Å²) in [7, 11) is 0. The number of hydrogen-bond donors (Lipinski definition) is 1. The van der Waals surface area contributed by atoms with Gasteiger partial charge in [-0.2, -0.15) is 0 Å². The highest BCUT2D eigenvalue weighted by atomic mass is 16.7. The van der Waals surface area contributed by atoms with Crippen LogP contribution in [0.1, 0.15) is 40.0 Å². The molecule has 0 aromatic carbocycles. The molecule has 1 rings (SSSR count). The maximum absolute atomic E-state index is 9.58. The number of rotatable bonds is 5. The van der Waals surface area contributed by atoms with E-state index in [0.717, 1.165) is 19.3 Å². The van der Waals surface area contributed by atoms with E-state index in [1.165, 1.54) is 0 Å². The predicted octanol–water partition coefficient (Wildman–Crippen LogP) is 1.54. The minimum Gasteiger partial charge on any atom is -0.390 e. The molecule has 0 saturated carbocycles. The zero-order chi connectivity index (χ0) is 11.3. The summed E-state index contributed by atoms with van der Waals surface area (Å²) in [4.78, 5) is 2.16. The van der Waals surface area contributed by atoms with Crippen LogP contribution in [0.15, 0.2) is 0 Å². The highest BCUT2D eigenvalue weighted by Gasteiger charge is 2.18. The fourth-order valence-electron chi connectivity index (χ4n) is 1.67. The third-order valence-corrected chi connectivity index (χ3v) is 2.71. The zero-order valence-electron chi connectivity index (χ0n) is 10.0. The van der Waals surface area contributed by atoms with Gasteiger partial charge in [-0.3, -0.25) is 4.90 Å². The second-order valence-electron chi connectivity index (χ2n) is 4.93. The van der Waals surface area contributed by atoms with Crippen LogP contribution in [0.3, 0.4) is 0 Å². The first kappa shape index (κ1) is 12.9. The van der Waals surface area contributed by atoms with E-state index in [2.05, 4.69) is 11.8 Å². The van der Waals surface area contributed by atoms with E-state index in [1.807, 2.05) is 13.8 Å². The van der Waals surface area contributed by atoms with Crippen LogP contribution in [0.2, 0.25) is 0 Å². The van der Waals surface area contributed by atoms with Crippen molar-refractivity contribution in [3.63, 3.8) is 0 Å². The van der Waals surface area contributed by atoms with Crippen molar-refractivity contribution in [2.24, 2.45) is 0 Å². The van der Waals surface area contributed by atoms with Crippen molar-refractivity contribution in [2.45, 2.75) is 51.7 Å². The average Bonchev–Trinajstić information content (AvgIpc) is 2.17. The molecule has 1 aliphatic rings. The summed E-state index contributed by atoms with van der Waals surface area (Å²) in [5, 5.41) is 9.58. The van der Waals surface area contributed by atoms with E-state index in [-0.39, 0.29) is 0 Å². The lowest BCUT2D eigenvalue weighted by Gasteiger charge is -2.32. The van der Waals surface area contributed by atoms with Gasteiger partial charge in [0, 0.05) is 6.04 Å². The third-order valence-electron chi connectivity index (χ3n) is 2.71. The Labute approximate surface area is 92.2 Å². The fourth-order valence-corrected chi connectivity index (χ4v) is 1.67. The zero-order valence-corrected chi connectivity index (χ0v) is 10.0. The SMILES string of the molecule is CC(CCCC(C)(C)O)N1COCOC1. The molecule has 4 heteroatoms. The van der Waals surface area contributed by atoms with Crippen molar-refractivity contribution in [3.05, 3.63) is 0 Å². The lowest BCUT2D eigenvalue weighted by molar-refractivity contribution is -0.193. The van der Waals surface area contributed by atoms with E-state index >= 15 is 0 Å². The van der Waals surface area contributed by atoms with Gasteiger partial charge in [0.15, 0.2) is 0 Å². The monoisotopic (exact) mass is 217 g/mol. The van der Waals surface area contributed by atoms with E-state index in [4.69, 9.17) is 9.47 Å². The molecule has 0 aromatic rings. The summed E-state index contributed by atoms with van der Waals surface area (Å²) >= 11 is 0. The van der Waals surface area contributed by atoms with Crippen LogP contribution in [0.5, 0.6) is 0 Å². The molecule has 1 saturated heterocycles. The van der Waals surface area contributed by atoms with Crippen molar-refractivity contribution >= 4 is 0 Å². The van der Waals surface area contributed by atoms with Gasteiger partial charge in [-0.15, -0.1) is 0 Å². The smallest absolute Gasteiger partial charge is 0.150 e. The predicted molar refractivity (Wildman–Crippen MR) is 58.2 cm³/mol. The molecule has 0 amide bonds. The average molecular weight is 217 g/mol. The Morgan fingerprint density at radius 1 is 1.33 bits per heavy atom. The molecular weight excluding hydrogens is 194 g/mol. The summed E-state index contributed by atoms with van der Waals surface area (Å²) in [5.41, 5.74) is -0.547. The van der Waals surface area contributed by atoms with Crippen molar-refractivity contribution in [3.8, 4) is 0 Å². The van der Waals surface area contributed by atoms with Crippen molar-refractivity contribution in [1.29, 1.82) is 0 Å². The van der Waals surface area contributed by atoms with Gasteiger partial charge in [-0.1, -0.05) is 0 Å². The first-order valence-electron chi connectivity index (χ1n) is 5.61. The molecule has 0 aromatic heterocycles. The molecule has 1 aliphatic heterocycles. The van der Waals surface area contributed by atoms with Gasteiger partial charge >= 0.3 is 0 Å². The number of ether oxygens (including phenoxy) is 2. The fraction of sp³-hybridized carbons (Fsp3) is 1.00. The highest BCUT2D eigenvalue weighted by molar-refractivity contribution is 4.69. The summed E-state index contributed by atoms with van der Waals surface area (Å²) in [6, 6.07) is 0.452. The topological polar surface area (TPSA) is 41.9 Å². The molecule has 1 heterocycles. The minimum absolute atomic E-state index is 0.410. The summed E-state index contributed by atoms with van der Waals surface area (Å²) < 4.78 is 10.4. The maximum atomic E-state index is 9.58. The van der Waals surface area contributed by atoms with E-state index < -0.39 is 5.60 Å². The van der Waals surface area contributed by atoms with Gasteiger partial charge in [-0.05, 0) is 40.0 Å². The van der Waals surface area contributed by atoms with Gasteiger partial charge < -0.3 is 14.6 Å². The third kappa shape index (κ3) is 5.47. The van der Waals surface area contributed by atoms with Crippen LogP contribution in [-0.4, -0.2) is 41.9 Å². The van der Waals surface area contributed by atoms with Gasteiger partial charge in [0.05, 0.1) is 5.60 Å². The molecule has 1 fully saturated rings. The molecule has 1 N–H and O–H groups in total. The highest BCUT2D eigenvalue weighted by Crippen LogP contribution is 2.16. The van der Waals surface area contributed by atoms with E-state index in [0.29, 0.717) is 26.3 Å². The largest absolute Gasteiger partial charge is 0.390 e. The van der Waals surface area contributed by atoms with Crippen molar-refractivity contribution < 1.29 is 14.6 Å². The number of hydrogen-bond acceptors (Lipinski definition) is 4. The van der Waals surface area contributed by atoms with Crippen LogP contribution in [0.25, 0.3) is 0 Å². The summed E-state index contributed by atoms with van der Waals surface area (Å²) in [6.07, 6.45) is 2.94. The van der Waals surface area contributed by atoms with Gasteiger partial charge in [0.1, 0.15) is 20.3 Å². The van der Waals surface area contributed by atoms with Crippen LogP contribution >= 0.6 is 0 Å². The molecule has 0 radical (unpaired) electrons. The van der Waals surface area contributed by atoms with E-state index in [9.17, 15) is 5.11 Å². The quantitative estimate of drug-likeness (QED) is 0.758. The number of nitrogens with zero attached hydrogens (tertiary/aromatic N) is 1. The Hall–Kier alpha value is -0.160. The van der Waals surface area contributed by atoms with Crippen LogP contribution < -0.4 is 0 Å². The lowest BCUT2D eigenvalue weighted by Crippen LogP contribution is -2.41. The molecule has 0 spiro atoms. The van der Waals surface area contributed by atoms with Gasteiger partial charge in [0.25, 0.3) is 0 Å².